The van der Waals surface area contributed by atoms with Gasteiger partial charge in [-0.2, -0.15) is 0 Å². The summed E-state index contributed by atoms with van der Waals surface area (Å²) in [6, 6.07) is 16.0. The molecule has 0 unspecified atom stereocenters. The van der Waals surface area contributed by atoms with Gasteiger partial charge < -0.3 is 14.8 Å². The van der Waals surface area contributed by atoms with Crippen molar-refractivity contribution in [3.8, 4) is 0 Å². The molecule has 0 radical (unpaired) electrons. The van der Waals surface area contributed by atoms with Crippen LogP contribution in [0, 0.1) is 0 Å². The maximum atomic E-state index is 12.3. The molecule has 26 heavy (non-hydrogen) atoms. The number of amides is 1. The molecule has 0 heterocycles. The van der Waals surface area contributed by atoms with Gasteiger partial charge in [0.2, 0.25) is 0 Å². The Morgan fingerprint density at radius 3 is 2.31 bits per heavy atom. The third-order valence-corrected chi connectivity index (χ3v) is 3.70. The van der Waals surface area contributed by atoms with E-state index in [1.165, 1.54) is 26.6 Å². The number of hydrogen-bond acceptors (Lipinski definition) is 4. The minimum absolute atomic E-state index is 0.0251. The average Bonchev–Trinajstić information content (AvgIpc) is 2.67. The van der Waals surface area contributed by atoms with Crippen molar-refractivity contribution in [3.63, 3.8) is 0 Å². The molecule has 0 bridgehead atoms. The minimum Gasteiger partial charge on any atom is -0.503 e. The van der Waals surface area contributed by atoms with Crippen molar-refractivity contribution in [3.05, 3.63) is 77.0 Å². The van der Waals surface area contributed by atoms with Crippen molar-refractivity contribution in [1.29, 1.82) is 0 Å². The number of halogens is 1. The van der Waals surface area contributed by atoms with Crippen LogP contribution in [0.4, 0.5) is 5.69 Å². The summed E-state index contributed by atoms with van der Waals surface area (Å²) in [5.74, 6) is -1.01. The number of hydrogen-bond donors (Lipinski definition) is 1. The van der Waals surface area contributed by atoms with Gasteiger partial charge in [-0.3, -0.25) is 4.79 Å². The Bertz CT molecular complexity index is 844. The van der Waals surface area contributed by atoms with Crippen molar-refractivity contribution in [2.24, 2.45) is 0 Å². The van der Waals surface area contributed by atoms with Gasteiger partial charge in [-0.25, -0.2) is 4.79 Å². The van der Waals surface area contributed by atoms with Crippen LogP contribution < -0.4 is 5.32 Å². The number of rotatable bonds is 6. The molecule has 2 aromatic rings. The summed E-state index contributed by atoms with van der Waals surface area (Å²) in [6.45, 7) is 0. The molecule has 2 aromatic carbocycles. The molecule has 0 atom stereocenters. The van der Waals surface area contributed by atoms with Crippen LogP contribution in [0.3, 0.4) is 0 Å². The highest BCUT2D eigenvalue weighted by atomic mass is 35.5. The zero-order valence-corrected chi connectivity index (χ0v) is 15.1. The van der Waals surface area contributed by atoms with E-state index in [0.717, 1.165) is 0 Å². The second-order valence-corrected chi connectivity index (χ2v) is 5.57. The SMILES string of the molecule is CO/C=C(/C(=O)OC)c1ccccc1/C=C(\Cl)C(=O)Nc1ccccc1. The third-order valence-electron chi connectivity index (χ3n) is 3.42. The maximum Gasteiger partial charge on any atom is 0.341 e. The van der Waals surface area contributed by atoms with Crippen molar-refractivity contribution in [2.45, 2.75) is 0 Å². The first-order valence-electron chi connectivity index (χ1n) is 7.71. The fraction of sp³-hybridized carbons (Fsp3) is 0.100. The van der Waals surface area contributed by atoms with Gasteiger partial charge in [0.25, 0.3) is 5.91 Å². The van der Waals surface area contributed by atoms with E-state index < -0.39 is 11.9 Å². The fourth-order valence-electron chi connectivity index (χ4n) is 2.23. The number of carbonyl (C=O) groups is 2. The molecule has 2 rings (SSSR count). The first-order chi connectivity index (χ1) is 12.6. The first kappa shape index (κ1) is 19.3. The van der Waals surface area contributed by atoms with Crippen molar-refractivity contribution < 1.29 is 19.1 Å². The third kappa shape index (κ3) is 4.97. The molecule has 5 nitrogen and oxygen atoms in total. The zero-order chi connectivity index (χ0) is 18.9. The second kappa shape index (κ2) is 9.44. The number of methoxy groups -OCH3 is 2. The van der Waals surface area contributed by atoms with Gasteiger partial charge in [0.05, 0.1) is 20.5 Å². The van der Waals surface area contributed by atoms with Crippen molar-refractivity contribution >= 4 is 40.8 Å². The fourth-order valence-corrected chi connectivity index (χ4v) is 2.40. The zero-order valence-electron chi connectivity index (χ0n) is 14.4. The van der Waals surface area contributed by atoms with Gasteiger partial charge >= 0.3 is 5.97 Å². The molecule has 0 spiro atoms. The minimum atomic E-state index is -0.558. The second-order valence-electron chi connectivity index (χ2n) is 5.16. The molecule has 0 saturated heterocycles. The Kier molecular flexibility index (Phi) is 7.00. The lowest BCUT2D eigenvalue weighted by atomic mass is 10.00. The van der Waals surface area contributed by atoms with Crippen LogP contribution in [0.2, 0.25) is 0 Å². The quantitative estimate of drug-likeness (QED) is 0.472. The molecule has 0 aliphatic rings. The van der Waals surface area contributed by atoms with Crippen molar-refractivity contribution in [2.75, 3.05) is 19.5 Å². The summed E-state index contributed by atoms with van der Waals surface area (Å²) >= 11 is 6.17. The van der Waals surface area contributed by atoms with Crippen LogP contribution in [-0.2, 0) is 19.1 Å². The molecule has 0 aliphatic carbocycles. The molecule has 0 aliphatic heterocycles. The summed E-state index contributed by atoms with van der Waals surface area (Å²) in [7, 11) is 2.71. The molecule has 1 amide bonds. The Hall–Kier alpha value is -3.05. The van der Waals surface area contributed by atoms with Crippen LogP contribution in [0.15, 0.2) is 65.9 Å². The van der Waals surface area contributed by atoms with Crippen LogP contribution >= 0.6 is 11.6 Å². The standard InChI is InChI=1S/C20H18ClNO4/c1-25-13-17(20(24)26-2)16-11-7-6-8-14(16)12-18(21)19(23)22-15-9-4-3-5-10-15/h3-13H,1-2H3,(H,22,23)/b17-13+,18-12-. The lowest BCUT2D eigenvalue weighted by molar-refractivity contribution is -0.133. The lowest BCUT2D eigenvalue weighted by Crippen LogP contribution is -2.11. The predicted molar refractivity (Wildman–Crippen MR) is 102 cm³/mol. The van der Waals surface area contributed by atoms with E-state index in [1.807, 2.05) is 6.07 Å². The van der Waals surface area contributed by atoms with E-state index in [1.54, 1.807) is 48.5 Å². The normalized spacial score (nSPS) is 11.7. The number of para-hydroxylation sites is 1. The Morgan fingerprint density at radius 2 is 1.65 bits per heavy atom. The number of nitrogens with one attached hydrogen (secondary N) is 1. The lowest BCUT2D eigenvalue weighted by Gasteiger charge is -2.10. The van der Waals surface area contributed by atoms with Gasteiger partial charge in [0.15, 0.2) is 0 Å². The molecule has 6 heteroatoms. The monoisotopic (exact) mass is 371 g/mol. The molecular formula is C20H18ClNO4. The molecule has 0 fully saturated rings. The van der Waals surface area contributed by atoms with Crippen LogP contribution in [0.5, 0.6) is 0 Å². The van der Waals surface area contributed by atoms with Crippen molar-refractivity contribution in [1.82, 2.24) is 0 Å². The topological polar surface area (TPSA) is 64.6 Å². The molecular weight excluding hydrogens is 354 g/mol. The predicted octanol–water partition coefficient (Wildman–Crippen LogP) is 4.07. The van der Waals surface area contributed by atoms with E-state index in [4.69, 9.17) is 21.1 Å². The largest absolute Gasteiger partial charge is 0.503 e. The Balaban J connectivity index is 2.33. The molecule has 0 aromatic heterocycles. The van der Waals surface area contributed by atoms with Gasteiger partial charge in [-0.1, -0.05) is 54.1 Å². The van der Waals surface area contributed by atoms with E-state index in [9.17, 15) is 9.59 Å². The van der Waals surface area contributed by atoms with E-state index in [2.05, 4.69) is 5.32 Å². The van der Waals surface area contributed by atoms with Gasteiger partial charge in [-0.15, -0.1) is 0 Å². The number of benzene rings is 2. The molecule has 0 saturated carbocycles. The summed E-state index contributed by atoms with van der Waals surface area (Å²) < 4.78 is 9.76. The molecule has 1 N–H and O–H groups in total. The van der Waals surface area contributed by atoms with E-state index in [-0.39, 0.29) is 10.6 Å². The highest BCUT2D eigenvalue weighted by Crippen LogP contribution is 2.24. The van der Waals surface area contributed by atoms with Crippen LogP contribution in [-0.4, -0.2) is 26.1 Å². The highest BCUT2D eigenvalue weighted by molar-refractivity contribution is 6.45. The van der Waals surface area contributed by atoms with E-state index >= 15 is 0 Å². The van der Waals surface area contributed by atoms with Crippen LogP contribution in [0.1, 0.15) is 11.1 Å². The first-order valence-corrected chi connectivity index (χ1v) is 8.09. The smallest absolute Gasteiger partial charge is 0.341 e. The maximum absolute atomic E-state index is 12.3. The highest BCUT2D eigenvalue weighted by Gasteiger charge is 2.17. The van der Waals surface area contributed by atoms with Gasteiger partial charge in [0, 0.05) is 5.69 Å². The Morgan fingerprint density at radius 1 is 1.00 bits per heavy atom. The summed E-state index contributed by atoms with van der Waals surface area (Å²) in [6.07, 6.45) is 2.78. The number of esters is 1. The van der Waals surface area contributed by atoms with E-state index in [0.29, 0.717) is 16.8 Å². The Labute approximate surface area is 156 Å². The number of ether oxygens (including phenoxy) is 2. The summed E-state index contributed by atoms with van der Waals surface area (Å²) in [4.78, 5) is 24.3. The molecule has 134 valence electrons. The summed E-state index contributed by atoms with van der Waals surface area (Å²) in [5, 5.41) is 2.67. The number of anilines is 1. The van der Waals surface area contributed by atoms with Gasteiger partial charge in [0.1, 0.15) is 10.6 Å². The van der Waals surface area contributed by atoms with Gasteiger partial charge in [-0.05, 0) is 29.3 Å². The van der Waals surface area contributed by atoms with Crippen LogP contribution in [0.25, 0.3) is 11.6 Å². The summed E-state index contributed by atoms with van der Waals surface area (Å²) in [5.41, 5.74) is 1.96. The number of carbonyl (C=O) groups excluding carboxylic acids is 2. The average molecular weight is 372 g/mol.